The number of methoxy groups -OCH3 is 1. The minimum atomic E-state index is 0.311. The number of rotatable bonds is 9. The Bertz CT molecular complexity index is 1240. The minimum absolute atomic E-state index is 0.311. The molecule has 0 spiro atoms. The molecule has 0 amide bonds. The Kier molecular flexibility index (Phi) is 7.65. The number of aryl methyl sites for hydroxylation is 1. The van der Waals surface area contributed by atoms with Crippen molar-refractivity contribution in [3.8, 4) is 11.5 Å². The van der Waals surface area contributed by atoms with Gasteiger partial charge >= 0.3 is 0 Å². The molecule has 0 radical (unpaired) electrons. The van der Waals surface area contributed by atoms with Gasteiger partial charge < -0.3 is 9.47 Å². The molecule has 0 unspecified atom stereocenters. The van der Waals surface area contributed by atoms with Gasteiger partial charge in [0.05, 0.1) is 13.3 Å². The van der Waals surface area contributed by atoms with Crippen molar-refractivity contribution in [3.05, 3.63) is 100 Å². The molecule has 0 aliphatic heterocycles. The highest BCUT2D eigenvalue weighted by Crippen LogP contribution is 2.31. The Balaban J connectivity index is 1.51. The van der Waals surface area contributed by atoms with Crippen molar-refractivity contribution >= 4 is 29.6 Å². The van der Waals surface area contributed by atoms with Gasteiger partial charge in [0.2, 0.25) is 5.16 Å². The van der Waals surface area contributed by atoms with Gasteiger partial charge in [0.25, 0.3) is 0 Å². The van der Waals surface area contributed by atoms with Crippen molar-refractivity contribution < 1.29 is 9.47 Å². The molecular weight excluding hydrogens is 456 g/mol. The van der Waals surface area contributed by atoms with Crippen LogP contribution < -0.4 is 9.47 Å². The summed E-state index contributed by atoms with van der Waals surface area (Å²) in [5, 5.41) is 14.1. The summed E-state index contributed by atoms with van der Waals surface area (Å²) in [5.41, 5.74) is 4.11. The Morgan fingerprint density at radius 3 is 2.67 bits per heavy atom. The van der Waals surface area contributed by atoms with E-state index in [0.29, 0.717) is 28.3 Å². The van der Waals surface area contributed by atoms with Crippen molar-refractivity contribution in [1.29, 1.82) is 0 Å². The van der Waals surface area contributed by atoms with Crippen LogP contribution in [0.5, 0.6) is 11.5 Å². The number of para-hydroxylation sites is 1. The second kappa shape index (κ2) is 11.0. The number of aromatic nitrogens is 3. The topological polar surface area (TPSA) is 61.5 Å². The van der Waals surface area contributed by atoms with Gasteiger partial charge in [0.15, 0.2) is 11.5 Å². The molecule has 1 heterocycles. The summed E-state index contributed by atoms with van der Waals surface area (Å²) in [6.07, 6.45) is 3.29. The van der Waals surface area contributed by atoms with Crippen LogP contribution in [0.4, 0.5) is 0 Å². The fraction of sp³-hybridized carbons (Fsp3) is 0.160. The molecule has 0 N–H and O–H groups in total. The molecule has 1 aromatic heterocycles. The number of benzene rings is 3. The third-order valence-corrected chi connectivity index (χ3v) is 6.24. The number of hydrogen-bond acceptors (Lipinski definition) is 6. The van der Waals surface area contributed by atoms with Crippen molar-refractivity contribution in [2.24, 2.45) is 5.10 Å². The van der Waals surface area contributed by atoms with Crippen LogP contribution in [0.3, 0.4) is 0 Å². The Morgan fingerprint density at radius 1 is 1.06 bits per heavy atom. The molecule has 33 heavy (non-hydrogen) atoms. The lowest BCUT2D eigenvalue weighted by Gasteiger charge is -2.14. The molecule has 0 saturated carbocycles. The molecule has 168 valence electrons. The van der Waals surface area contributed by atoms with Gasteiger partial charge in [-0.1, -0.05) is 77.5 Å². The van der Waals surface area contributed by atoms with E-state index in [2.05, 4.69) is 46.5 Å². The molecule has 0 saturated heterocycles. The fourth-order valence-corrected chi connectivity index (χ4v) is 4.08. The lowest BCUT2D eigenvalue weighted by atomic mass is 10.2. The minimum Gasteiger partial charge on any atom is -0.493 e. The van der Waals surface area contributed by atoms with Gasteiger partial charge in [0.1, 0.15) is 12.9 Å². The highest BCUT2D eigenvalue weighted by atomic mass is 35.5. The second-order valence-electron chi connectivity index (χ2n) is 7.24. The van der Waals surface area contributed by atoms with Crippen molar-refractivity contribution in [3.63, 3.8) is 0 Å². The molecule has 0 aliphatic carbocycles. The first-order chi connectivity index (χ1) is 16.1. The predicted octanol–water partition coefficient (Wildman–Crippen LogP) is 6.00. The van der Waals surface area contributed by atoms with E-state index in [-0.39, 0.29) is 0 Å². The Hall–Kier alpha value is -3.29. The van der Waals surface area contributed by atoms with Gasteiger partial charge in [-0.15, -0.1) is 10.2 Å². The summed E-state index contributed by atoms with van der Waals surface area (Å²) in [5.74, 6) is 1.98. The summed E-state index contributed by atoms with van der Waals surface area (Å²) in [4.78, 5) is 0. The van der Waals surface area contributed by atoms with Crippen LogP contribution in [0, 0.1) is 6.92 Å². The zero-order valence-corrected chi connectivity index (χ0v) is 19.9. The van der Waals surface area contributed by atoms with Gasteiger partial charge in [-0.2, -0.15) is 9.78 Å². The average molecular weight is 479 g/mol. The van der Waals surface area contributed by atoms with E-state index in [1.807, 2.05) is 42.5 Å². The van der Waals surface area contributed by atoms with Crippen LogP contribution in [0.1, 0.15) is 22.3 Å². The second-order valence-corrected chi connectivity index (χ2v) is 8.59. The van der Waals surface area contributed by atoms with Gasteiger partial charge in [-0.25, -0.2) is 0 Å². The lowest BCUT2D eigenvalue weighted by molar-refractivity contribution is 0.284. The Labute approximate surface area is 202 Å². The lowest BCUT2D eigenvalue weighted by Crippen LogP contribution is -2.02. The summed E-state index contributed by atoms with van der Waals surface area (Å²) in [6.45, 7) is 2.39. The molecule has 0 fully saturated rings. The molecule has 6 nitrogen and oxygen atoms in total. The van der Waals surface area contributed by atoms with E-state index in [0.717, 1.165) is 16.9 Å². The molecule has 8 heteroatoms. The molecule has 0 bridgehead atoms. The van der Waals surface area contributed by atoms with Crippen molar-refractivity contribution in [2.75, 3.05) is 7.11 Å². The average Bonchev–Trinajstić information content (AvgIpc) is 3.29. The first-order valence-corrected chi connectivity index (χ1v) is 11.7. The van der Waals surface area contributed by atoms with Crippen LogP contribution in [0.25, 0.3) is 0 Å². The number of hydrogen-bond donors (Lipinski definition) is 0. The highest BCUT2D eigenvalue weighted by molar-refractivity contribution is 7.98. The number of nitrogens with zero attached hydrogens (tertiary/aromatic N) is 4. The monoisotopic (exact) mass is 478 g/mol. The van der Waals surface area contributed by atoms with Crippen LogP contribution in [0.15, 0.2) is 83.3 Å². The van der Waals surface area contributed by atoms with E-state index in [1.165, 1.54) is 11.1 Å². The van der Waals surface area contributed by atoms with Crippen LogP contribution in [-0.4, -0.2) is 28.2 Å². The zero-order chi connectivity index (χ0) is 23.0. The predicted molar refractivity (Wildman–Crippen MR) is 133 cm³/mol. The summed E-state index contributed by atoms with van der Waals surface area (Å²) >= 11 is 7.85. The molecule has 0 atom stereocenters. The van der Waals surface area contributed by atoms with Crippen molar-refractivity contribution in [1.82, 2.24) is 14.9 Å². The molecule has 4 aromatic rings. The maximum Gasteiger partial charge on any atom is 0.212 e. The molecular formula is C25H23ClN4O2S. The molecule has 4 rings (SSSR count). The number of ether oxygens (including phenoxy) is 2. The quantitative estimate of drug-likeness (QED) is 0.218. The molecule has 0 aliphatic rings. The van der Waals surface area contributed by atoms with E-state index in [9.17, 15) is 0 Å². The van der Waals surface area contributed by atoms with Gasteiger partial charge in [-0.3, -0.25) is 0 Å². The normalized spacial score (nSPS) is 11.1. The Morgan fingerprint density at radius 2 is 1.88 bits per heavy atom. The number of halogens is 1. The first-order valence-electron chi connectivity index (χ1n) is 10.3. The number of thioether (sulfide) groups is 1. The largest absolute Gasteiger partial charge is 0.493 e. The third kappa shape index (κ3) is 5.94. The van der Waals surface area contributed by atoms with Crippen LogP contribution >= 0.6 is 23.4 Å². The summed E-state index contributed by atoms with van der Waals surface area (Å²) in [6, 6.07) is 21.7. The van der Waals surface area contributed by atoms with Gasteiger partial charge in [0, 0.05) is 21.9 Å². The SMILES string of the molecule is COc1cccc(/C=N/n2cnnc2SCc2ccc(C)cc2)c1OCc1ccccc1Cl. The maximum atomic E-state index is 6.27. The third-order valence-electron chi connectivity index (χ3n) is 4.87. The van der Waals surface area contributed by atoms with E-state index in [4.69, 9.17) is 21.1 Å². The zero-order valence-electron chi connectivity index (χ0n) is 18.3. The summed E-state index contributed by atoms with van der Waals surface area (Å²) < 4.78 is 13.2. The van der Waals surface area contributed by atoms with Crippen LogP contribution in [0.2, 0.25) is 5.02 Å². The standard InChI is InChI=1S/C25H23ClN4O2S/c1-18-10-12-19(13-11-18)16-33-25-29-27-17-30(25)28-14-20-7-5-9-23(31-2)24(20)32-15-21-6-3-4-8-22(21)26/h3-14,17H,15-16H2,1-2H3/b28-14+. The molecule has 3 aromatic carbocycles. The highest BCUT2D eigenvalue weighted by Gasteiger charge is 2.11. The smallest absolute Gasteiger partial charge is 0.212 e. The van der Waals surface area contributed by atoms with Gasteiger partial charge in [-0.05, 0) is 30.7 Å². The fourth-order valence-electron chi connectivity index (χ4n) is 3.07. The summed E-state index contributed by atoms with van der Waals surface area (Å²) in [7, 11) is 1.61. The van der Waals surface area contributed by atoms with Crippen molar-refractivity contribution in [2.45, 2.75) is 24.4 Å². The van der Waals surface area contributed by atoms with Crippen LogP contribution in [-0.2, 0) is 12.4 Å². The first kappa shape index (κ1) is 22.9. The maximum absolute atomic E-state index is 6.27. The van der Waals surface area contributed by atoms with E-state index in [1.54, 1.807) is 36.1 Å². The van der Waals surface area contributed by atoms with E-state index >= 15 is 0 Å². The van der Waals surface area contributed by atoms with E-state index < -0.39 is 0 Å².